The number of aliphatic hydroxyl groups is 1. The van der Waals surface area contributed by atoms with E-state index in [4.69, 9.17) is 0 Å². The van der Waals surface area contributed by atoms with E-state index in [1.165, 1.54) is 12.1 Å². The molecule has 0 aliphatic rings. The molecule has 0 saturated carbocycles. The highest BCUT2D eigenvalue weighted by atomic mass is 19.1. The molecule has 2 aromatic rings. The van der Waals surface area contributed by atoms with Crippen molar-refractivity contribution < 1.29 is 9.50 Å². The maximum atomic E-state index is 13.1. The summed E-state index contributed by atoms with van der Waals surface area (Å²) in [6, 6.07) is 7.86. The standard InChI is InChI=1S/C13H15FN2O/c1-13(17,9-12-6-7-16(2)15-12)10-4-3-5-11(14)8-10/h3-8,17H,9H2,1-2H3. The summed E-state index contributed by atoms with van der Waals surface area (Å²) in [6.45, 7) is 1.66. The smallest absolute Gasteiger partial charge is 0.123 e. The molecule has 1 N–H and O–H groups in total. The number of aromatic nitrogens is 2. The number of halogens is 1. The molecule has 1 aromatic carbocycles. The number of aryl methyl sites for hydroxylation is 1. The predicted octanol–water partition coefficient (Wildman–Crippen LogP) is 2.01. The highest BCUT2D eigenvalue weighted by Gasteiger charge is 2.25. The lowest BCUT2D eigenvalue weighted by Gasteiger charge is -2.22. The SMILES string of the molecule is Cn1ccc(CC(C)(O)c2cccc(F)c2)n1. The highest BCUT2D eigenvalue weighted by Crippen LogP contribution is 2.25. The fraction of sp³-hybridized carbons (Fsp3) is 0.308. The minimum Gasteiger partial charge on any atom is -0.385 e. The van der Waals surface area contributed by atoms with Gasteiger partial charge in [0.1, 0.15) is 5.82 Å². The van der Waals surface area contributed by atoms with Crippen LogP contribution in [0.4, 0.5) is 4.39 Å². The molecule has 0 radical (unpaired) electrons. The van der Waals surface area contributed by atoms with Crippen LogP contribution in [0, 0.1) is 5.82 Å². The Labute approximate surface area is 99.5 Å². The molecule has 0 aliphatic carbocycles. The number of hydrogen-bond donors (Lipinski definition) is 1. The van der Waals surface area contributed by atoms with Crippen LogP contribution in [0.5, 0.6) is 0 Å². The van der Waals surface area contributed by atoms with Crippen LogP contribution < -0.4 is 0 Å². The summed E-state index contributed by atoms with van der Waals surface area (Å²) in [5, 5.41) is 14.6. The molecule has 1 aromatic heterocycles. The Morgan fingerprint density at radius 1 is 1.41 bits per heavy atom. The van der Waals surface area contributed by atoms with E-state index in [2.05, 4.69) is 5.10 Å². The highest BCUT2D eigenvalue weighted by molar-refractivity contribution is 5.24. The normalized spacial score (nSPS) is 14.6. The Bertz CT molecular complexity index is 520. The van der Waals surface area contributed by atoms with Gasteiger partial charge in [-0.2, -0.15) is 5.10 Å². The van der Waals surface area contributed by atoms with Crippen molar-refractivity contribution in [2.75, 3.05) is 0 Å². The van der Waals surface area contributed by atoms with Crippen LogP contribution >= 0.6 is 0 Å². The largest absolute Gasteiger partial charge is 0.385 e. The number of rotatable bonds is 3. The first-order valence-corrected chi connectivity index (χ1v) is 5.44. The Morgan fingerprint density at radius 3 is 2.76 bits per heavy atom. The number of nitrogens with zero attached hydrogens (tertiary/aromatic N) is 2. The molecule has 90 valence electrons. The summed E-state index contributed by atoms with van der Waals surface area (Å²) in [7, 11) is 1.82. The third-order valence-electron chi connectivity index (χ3n) is 2.74. The zero-order valence-electron chi connectivity index (χ0n) is 9.89. The molecule has 4 heteroatoms. The van der Waals surface area contributed by atoms with Crippen molar-refractivity contribution >= 4 is 0 Å². The summed E-state index contributed by atoms with van der Waals surface area (Å²) in [5.41, 5.74) is 0.223. The first-order valence-electron chi connectivity index (χ1n) is 5.44. The molecule has 0 aliphatic heterocycles. The predicted molar refractivity (Wildman–Crippen MR) is 62.9 cm³/mol. The van der Waals surface area contributed by atoms with E-state index in [0.29, 0.717) is 12.0 Å². The van der Waals surface area contributed by atoms with Crippen LogP contribution in [0.25, 0.3) is 0 Å². The van der Waals surface area contributed by atoms with Gasteiger partial charge in [-0.15, -0.1) is 0 Å². The fourth-order valence-electron chi connectivity index (χ4n) is 1.84. The molecule has 3 nitrogen and oxygen atoms in total. The lowest BCUT2D eigenvalue weighted by atomic mass is 9.91. The molecule has 0 saturated heterocycles. The van der Waals surface area contributed by atoms with Gasteiger partial charge in [-0.1, -0.05) is 12.1 Å². The first kappa shape index (κ1) is 11.8. The molecule has 0 spiro atoms. The van der Waals surface area contributed by atoms with Crippen LogP contribution in [0.15, 0.2) is 36.5 Å². The second-order valence-electron chi connectivity index (χ2n) is 4.44. The van der Waals surface area contributed by atoms with Crippen molar-refractivity contribution in [2.45, 2.75) is 18.9 Å². The molecule has 0 bridgehead atoms. The van der Waals surface area contributed by atoms with Gasteiger partial charge in [-0.25, -0.2) is 4.39 Å². The average molecular weight is 234 g/mol. The minimum absolute atomic E-state index is 0.344. The summed E-state index contributed by atoms with van der Waals surface area (Å²) >= 11 is 0. The Kier molecular flexibility index (Phi) is 2.98. The zero-order chi connectivity index (χ0) is 12.5. The molecule has 17 heavy (non-hydrogen) atoms. The monoisotopic (exact) mass is 234 g/mol. The van der Waals surface area contributed by atoms with Crippen molar-refractivity contribution in [3.8, 4) is 0 Å². The second kappa shape index (κ2) is 4.30. The van der Waals surface area contributed by atoms with Crippen molar-refractivity contribution in [2.24, 2.45) is 7.05 Å². The molecule has 1 unspecified atom stereocenters. The van der Waals surface area contributed by atoms with Gasteiger partial charge >= 0.3 is 0 Å². The average Bonchev–Trinajstić information content (AvgIpc) is 2.63. The zero-order valence-corrected chi connectivity index (χ0v) is 9.89. The van der Waals surface area contributed by atoms with Crippen LogP contribution in [0.3, 0.4) is 0 Å². The molecule has 0 amide bonds. The quantitative estimate of drug-likeness (QED) is 0.882. The van der Waals surface area contributed by atoms with Gasteiger partial charge in [-0.05, 0) is 30.7 Å². The van der Waals surface area contributed by atoms with Gasteiger partial charge in [0.05, 0.1) is 11.3 Å². The fourth-order valence-corrected chi connectivity index (χ4v) is 1.84. The Balaban J connectivity index is 2.24. The van der Waals surface area contributed by atoms with E-state index in [1.807, 2.05) is 19.3 Å². The van der Waals surface area contributed by atoms with E-state index in [1.54, 1.807) is 23.7 Å². The van der Waals surface area contributed by atoms with Gasteiger partial charge in [0.15, 0.2) is 0 Å². The van der Waals surface area contributed by atoms with Gasteiger partial charge in [0.25, 0.3) is 0 Å². The lowest BCUT2D eigenvalue weighted by molar-refractivity contribution is 0.0561. The second-order valence-corrected chi connectivity index (χ2v) is 4.44. The van der Waals surface area contributed by atoms with Gasteiger partial charge in [0.2, 0.25) is 0 Å². The summed E-state index contributed by atoms with van der Waals surface area (Å²) in [5.74, 6) is -0.344. The summed E-state index contributed by atoms with van der Waals surface area (Å²) < 4.78 is 14.8. The molecule has 0 fully saturated rings. The number of benzene rings is 1. The third-order valence-corrected chi connectivity index (χ3v) is 2.74. The van der Waals surface area contributed by atoms with Crippen molar-refractivity contribution in [3.63, 3.8) is 0 Å². The lowest BCUT2D eigenvalue weighted by Crippen LogP contribution is -2.24. The topological polar surface area (TPSA) is 38.0 Å². The van der Waals surface area contributed by atoms with E-state index < -0.39 is 5.60 Å². The maximum Gasteiger partial charge on any atom is 0.123 e. The van der Waals surface area contributed by atoms with Crippen LogP contribution in [-0.2, 0) is 19.1 Å². The number of hydrogen-bond acceptors (Lipinski definition) is 2. The molecular formula is C13H15FN2O. The minimum atomic E-state index is -1.11. The van der Waals surface area contributed by atoms with Gasteiger partial charge < -0.3 is 5.11 Å². The van der Waals surface area contributed by atoms with E-state index >= 15 is 0 Å². The van der Waals surface area contributed by atoms with Crippen molar-refractivity contribution in [1.29, 1.82) is 0 Å². The van der Waals surface area contributed by atoms with E-state index in [9.17, 15) is 9.50 Å². The Hall–Kier alpha value is -1.68. The molecule has 1 heterocycles. The summed E-state index contributed by atoms with van der Waals surface area (Å²) in [4.78, 5) is 0. The molecular weight excluding hydrogens is 219 g/mol. The molecule has 1 atom stereocenters. The maximum absolute atomic E-state index is 13.1. The van der Waals surface area contributed by atoms with Crippen molar-refractivity contribution in [1.82, 2.24) is 9.78 Å². The van der Waals surface area contributed by atoms with Crippen molar-refractivity contribution in [3.05, 3.63) is 53.6 Å². The summed E-state index contributed by atoms with van der Waals surface area (Å²) in [6.07, 6.45) is 2.17. The van der Waals surface area contributed by atoms with Crippen LogP contribution in [-0.4, -0.2) is 14.9 Å². The van der Waals surface area contributed by atoms with Gasteiger partial charge in [-0.3, -0.25) is 4.68 Å². The van der Waals surface area contributed by atoms with Gasteiger partial charge in [0, 0.05) is 19.7 Å². The molecule has 2 rings (SSSR count). The Morgan fingerprint density at radius 2 is 2.18 bits per heavy atom. The third kappa shape index (κ3) is 2.71. The van der Waals surface area contributed by atoms with Crippen LogP contribution in [0.2, 0.25) is 0 Å². The van der Waals surface area contributed by atoms with Crippen LogP contribution in [0.1, 0.15) is 18.2 Å². The first-order chi connectivity index (χ1) is 7.97. The van der Waals surface area contributed by atoms with E-state index in [0.717, 1.165) is 5.69 Å². The van der Waals surface area contributed by atoms with E-state index in [-0.39, 0.29) is 5.82 Å².